The Hall–Kier alpha value is -1.79. The first-order chi connectivity index (χ1) is 12.2. The van der Waals surface area contributed by atoms with Gasteiger partial charge in [-0.15, -0.1) is 12.4 Å². The molecule has 2 aliphatic rings. The van der Waals surface area contributed by atoms with Crippen LogP contribution < -0.4 is 15.8 Å². The van der Waals surface area contributed by atoms with Crippen LogP contribution in [0.5, 0.6) is 5.75 Å². The molecule has 1 aromatic rings. The summed E-state index contributed by atoms with van der Waals surface area (Å²) in [6, 6.07) is 7.32. The van der Waals surface area contributed by atoms with Crippen molar-refractivity contribution >= 4 is 24.2 Å². The molecule has 144 valence electrons. The number of likely N-dealkylation sites (tertiary alicyclic amines) is 1. The van der Waals surface area contributed by atoms with Crippen molar-refractivity contribution in [1.82, 2.24) is 10.2 Å². The summed E-state index contributed by atoms with van der Waals surface area (Å²) < 4.78 is 5.71. The number of benzene rings is 1. The normalized spacial score (nSPS) is 19.4. The van der Waals surface area contributed by atoms with Gasteiger partial charge in [0.1, 0.15) is 5.75 Å². The lowest BCUT2D eigenvalue weighted by Gasteiger charge is -2.32. The molecule has 26 heavy (non-hydrogen) atoms. The number of hydrogen-bond donors (Lipinski definition) is 2. The third kappa shape index (κ3) is 5.61. The van der Waals surface area contributed by atoms with Crippen LogP contribution in [-0.4, -0.2) is 49.5 Å². The van der Waals surface area contributed by atoms with Gasteiger partial charge in [-0.3, -0.25) is 9.59 Å². The second-order valence-electron chi connectivity index (χ2n) is 6.95. The molecule has 1 unspecified atom stereocenters. The highest BCUT2D eigenvalue weighted by Gasteiger charge is 2.28. The smallest absolute Gasteiger partial charge is 0.253 e. The van der Waals surface area contributed by atoms with Crippen molar-refractivity contribution < 1.29 is 14.3 Å². The molecule has 1 heterocycles. The van der Waals surface area contributed by atoms with E-state index in [2.05, 4.69) is 5.32 Å². The number of hydrogen-bond acceptors (Lipinski definition) is 4. The number of nitrogens with two attached hydrogens (primary N) is 1. The maximum absolute atomic E-state index is 12.7. The van der Waals surface area contributed by atoms with E-state index in [0.29, 0.717) is 37.7 Å². The van der Waals surface area contributed by atoms with Crippen LogP contribution in [0.3, 0.4) is 0 Å². The second kappa shape index (κ2) is 9.78. The van der Waals surface area contributed by atoms with Gasteiger partial charge in [-0.05, 0) is 55.9 Å². The van der Waals surface area contributed by atoms with Gasteiger partial charge >= 0.3 is 0 Å². The molecule has 2 fully saturated rings. The standard InChI is InChI=1S/C19H27N3O3.ClH/c20-9-10-21-18(23)16-2-1-11-22(12-16)19(24)15-5-7-17(8-6-15)25-13-14-3-4-14;/h5-8,14,16H,1-4,9-13,20H2,(H,21,23);1H. The van der Waals surface area contributed by atoms with Gasteiger partial charge < -0.3 is 20.7 Å². The third-order valence-electron chi connectivity index (χ3n) is 4.81. The summed E-state index contributed by atoms with van der Waals surface area (Å²) in [5, 5.41) is 2.82. The van der Waals surface area contributed by atoms with E-state index in [9.17, 15) is 9.59 Å². The Morgan fingerprint density at radius 1 is 1.19 bits per heavy atom. The summed E-state index contributed by atoms with van der Waals surface area (Å²) in [4.78, 5) is 26.6. The van der Waals surface area contributed by atoms with Crippen molar-refractivity contribution in [1.29, 1.82) is 0 Å². The zero-order chi connectivity index (χ0) is 17.6. The molecule has 1 aliphatic carbocycles. The van der Waals surface area contributed by atoms with Gasteiger partial charge in [0.15, 0.2) is 0 Å². The molecular formula is C19H28ClN3O3. The van der Waals surface area contributed by atoms with Crippen LogP contribution >= 0.6 is 12.4 Å². The van der Waals surface area contributed by atoms with Crippen molar-refractivity contribution in [3.8, 4) is 5.75 Å². The molecule has 0 radical (unpaired) electrons. The first-order valence-electron chi connectivity index (χ1n) is 9.17. The van der Waals surface area contributed by atoms with Gasteiger partial charge in [0.25, 0.3) is 5.91 Å². The Morgan fingerprint density at radius 3 is 2.58 bits per heavy atom. The lowest BCUT2D eigenvalue weighted by molar-refractivity contribution is -0.126. The fraction of sp³-hybridized carbons (Fsp3) is 0.579. The van der Waals surface area contributed by atoms with Crippen LogP contribution in [0.2, 0.25) is 0 Å². The van der Waals surface area contributed by atoms with E-state index >= 15 is 0 Å². The van der Waals surface area contributed by atoms with Gasteiger partial charge in [0.2, 0.25) is 5.91 Å². The van der Waals surface area contributed by atoms with Crippen molar-refractivity contribution in [2.45, 2.75) is 25.7 Å². The van der Waals surface area contributed by atoms with E-state index in [1.165, 1.54) is 12.8 Å². The van der Waals surface area contributed by atoms with Crippen molar-refractivity contribution in [2.75, 3.05) is 32.8 Å². The van der Waals surface area contributed by atoms with Crippen LogP contribution in [0.15, 0.2) is 24.3 Å². The SMILES string of the molecule is Cl.NCCNC(=O)C1CCCN(C(=O)c2ccc(OCC3CC3)cc2)C1. The first-order valence-corrected chi connectivity index (χ1v) is 9.17. The Balaban J connectivity index is 0.00000243. The molecular weight excluding hydrogens is 354 g/mol. The van der Waals surface area contributed by atoms with Crippen molar-refractivity contribution in [3.05, 3.63) is 29.8 Å². The predicted molar refractivity (Wildman–Crippen MR) is 103 cm³/mol. The van der Waals surface area contributed by atoms with Gasteiger partial charge in [-0.25, -0.2) is 0 Å². The van der Waals surface area contributed by atoms with Crippen LogP contribution in [0.25, 0.3) is 0 Å². The van der Waals surface area contributed by atoms with Crippen molar-refractivity contribution in [3.63, 3.8) is 0 Å². The summed E-state index contributed by atoms with van der Waals surface area (Å²) in [7, 11) is 0. The van der Waals surface area contributed by atoms with E-state index in [0.717, 1.165) is 25.2 Å². The molecule has 6 nitrogen and oxygen atoms in total. The molecule has 0 aromatic heterocycles. The predicted octanol–water partition coefficient (Wildman–Crippen LogP) is 1.82. The zero-order valence-electron chi connectivity index (χ0n) is 15.0. The molecule has 1 saturated carbocycles. The average molecular weight is 382 g/mol. The highest BCUT2D eigenvalue weighted by molar-refractivity contribution is 5.94. The topological polar surface area (TPSA) is 84.7 Å². The number of nitrogens with zero attached hydrogens (tertiary/aromatic N) is 1. The van der Waals surface area contributed by atoms with Gasteiger partial charge in [0, 0.05) is 31.7 Å². The zero-order valence-corrected chi connectivity index (χ0v) is 15.8. The highest BCUT2D eigenvalue weighted by atomic mass is 35.5. The van der Waals surface area contributed by atoms with Crippen LogP contribution in [0.1, 0.15) is 36.0 Å². The molecule has 1 saturated heterocycles. The first kappa shape index (κ1) is 20.5. The molecule has 1 aliphatic heterocycles. The number of amides is 2. The minimum atomic E-state index is -0.148. The minimum Gasteiger partial charge on any atom is -0.493 e. The lowest BCUT2D eigenvalue weighted by Crippen LogP contribution is -2.46. The largest absolute Gasteiger partial charge is 0.493 e. The number of ether oxygens (including phenoxy) is 1. The molecule has 3 N–H and O–H groups in total. The Bertz CT molecular complexity index is 605. The summed E-state index contributed by atoms with van der Waals surface area (Å²) >= 11 is 0. The molecule has 1 atom stereocenters. The van der Waals surface area contributed by atoms with E-state index in [1.807, 2.05) is 24.3 Å². The highest BCUT2D eigenvalue weighted by Crippen LogP contribution is 2.29. The number of carbonyl (C=O) groups is 2. The fourth-order valence-corrected chi connectivity index (χ4v) is 3.09. The number of piperidine rings is 1. The Labute approximate surface area is 160 Å². The summed E-state index contributed by atoms with van der Waals surface area (Å²) in [5.41, 5.74) is 6.06. The average Bonchev–Trinajstić information content (AvgIpc) is 3.49. The Kier molecular flexibility index (Phi) is 7.72. The molecule has 2 amide bonds. The van der Waals surface area contributed by atoms with Crippen LogP contribution in [-0.2, 0) is 4.79 Å². The second-order valence-corrected chi connectivity index (χ2v) is 6.95. The molecule has 7 heteroatoms. The van der Waals surface area contributed by atoms with Gasteiger partial charge in [-0.1, -0.05) is 0 Å². The molecule has 0 spiro atoms. The molecule has 3 rings (SSSR count). The van der Waals surface area contributed by atoms with Crippen LogP contribution in [0, 0.1) is 11.8 Å². The van der Waals surface area contributed by atoms with Gasteiger partial charge in [0.05, 0.1) is 12.5 Å². The van der Waals surface area contributed by atoms with E-state index in [1.54, 1.807) is 4.90 Å². The Morgan fingerprint density at radius 2 is 1.92 bits per heavy atom. The summed E-state index contributed by atoms with van der Waals surface area (Å²) in [6.45, 7) is 2.83. The maximum Gasteiger partial charge on any atom is 0.253 e. The third-order valence-corrected chi connectivity index (χ3v) is 4.81. The number of nitrogens with one attached hydrogen (secondary N) is 1. The summed E-state index contributed by atoms with van der Waals surface area (Å²) in [6.07, 6.45) is 4.17. The maximum atomic E-state index is 12.7. The van der Waals surface area contributed by atoms with E-state index in [4.69, 9.17) is 10.5 Å². The summed E-state index contributed by atoms with van der Waals surface area (Å²) in [5.74, 6) is 1.33. The van der Waals surface area contributed by atoms with E-state index < -0.39 is 0 Å². The number of halogens is 1. The quantitative estimate of drug-likeness (QED) is 0.754. The monoisotopic (exact) mass is 381 g/mol. The number of rotatable bonds is 7. The number of carbonyl (C=O) groups excluding carboxylic acids is 2. The van der Waals surface area contributed by atoms with E-state index in [-0.39, 0.29) is 30.1 Å². The lowest BCUT2D eigenvalue weighted by atomic mass is 9.96. The fourth-order valence-electron chi connectivity index (χ4n) is 3.09. The van der Waals surface area contributed by atoms with Crippen LogP contribution in [0.4, 0.5) is 0 Å². The molecule has 1 aromatic carbocycles. The van der Waals surface area contributed by atoms with Crippen molar-refractivity contribution in [2.24, 2.45) is 17.6 Å². The minimum absolute atomic E-state index is 0. The van der Waals surface area contributed by atoms with Gasteiger partial charge in [-0.2, -0.15) is 0 Å². The molecule has 0 bridgehead atoms.